The van der Waals surface area contributed by atoms with Gasteiger partial charge in [-0.25, -0.2) is 0 Å². The molecule has 2 N–H and O–H groups in total. The first kappa shape index (κ1) is 13.0. The van der Waals surface area contributed by atoms with Crippen molar-refractivity contribution >= 4 is 11.5 Å². The number of hydrogen-bond acceptors (Lipinski definition) is 5. The lowest BCUT2D eigenvalue weighted by molar-refractivity contribution is 0.414. The second-order valence-corrected chi connectivity index (χ2v) is 4.92. The van der Waals surface area contributed by atoms with E-state index in [0.717, 1.165) is 33.9 Å². The second-order valence-electron chi connectivity index (χ2n) is 4.14. The molecule has 1 aromatic carbocycles. The molecule has 0 aliphatic carbocycles. The monoisotopic (exact) mass is 263 g/mol. The first-order chi connectivity index (χ1) is 8.67. The van der Waals surface area contributed by atoms with Crippen molar-refractivity contribution in [1.29, 1.82) is 0 Å². The molecule has 0 fully saturated rings. The van der Waals surface area contributed by atoms with Crippen molar-refractivity contribution in [1.82, 2.24) is 9.59 Å². The van der Waals surface area contributed by atoms with Crippen LogP contribution in [0.4, 0.5) is 0 Å². The highest BCUT2D eigenvalue weighted by Crippen LogP contribution is 2.29. The fourth-order valence-corrected chi connectivity index (χ4v) is 2.72. The van der Waals surface area contributed by atoms with E-state index in [1.54, 1.807) is 7.11 Å². The molecule has 1 heterocycles. The molecule has 4 nitrogen and oxygen atoms in total. The lowest BCUT2D eigenvalue weighted by atomic mass is 9.99. The number of benzene rings is 1. The zero-order chi connectivity index (χ0) is 13.1. The Kier molecular flexibility index (Phi) is 3.93. The maximum atomic E-state index is 6.32. The number of methoxy groups -OCH3 is 1. The maximum absolute atomic E-state index is 6.32. The van der Waals surface area contributed by atoms with E-state index in [9.17, 15) is 0 Å². The molecule has 0 spiro atoms. The highest BCUT2D eigenvalue weighted by atomic mass is 32.1. The van der Waals surface area contributed by atoms with Gasteiger partial charge >= 0.3 is 0 Å². The number of rotatable bonds is 4. The topological polar surface area (TPSA) is 61.0 Å². The Morgan fingerprint density at radius 1 is 1.44 bits per heavy atom. The van der Waals surface area contributed by atoms with Crippen molar-refractivity contribution < 1.29 is 4.74 Å². The summed E-state index contributed by atoms with van der Waals surface area (Å²) in [6.45, 7) is 4.10. The number of ether oxygens (including phenoxy) is 1. The Labute approximate surface area is 111 Å². The lowest BCUT2D eigenvalue weighted by Crippen LogP contribution is -2.13. The summed E-state index contributed by atoms with van der Waals surface area (Å²) in [7, 11) is 1.66. The van der Waals surface area contributed by atoms with Crippen LogP contribution in [-0.4, -0.2) is 16.7 Å². The summed E-state index contributed by atoms with van der Waals surface area (Å²) in [5.41, 5.74) is 9.52. The largest absolute Gasteiger partial charge is 0.497 e. The van der Waals surface area contributed by atoms with Crippen molar-refractivity contribution in [2.24, 2.45) is 5.73 Å². The molecule has 0 saturated carbocycles. The van der Waals surface area contributed by atoms with Gasteiger partial charge in [0.2, 0.25) is 0 Å². The van der Waals surface area contributed by atoms with Crippen LogP contribution in [0.25, 0.3) is 0 Å². The van der Waals surface area contributed by atoms with Crippen molar-refractivity contribution in [3.8, 4) is 5.75 Å². The van der Waals surface area contributed by atoms with Crippen LogP contribution in [0.2, 0.25) is 0 Å². The highest BCUT2D eigenvalue weighted by Gasteiger charge is 2.18. The third-order valence-electron chi connectivity index (χ3n) is 3.01. The maximum Gasteiger partial charge on any atom is 0.119 e. The van der Waals surface area contributed by atoms with E-state index in [0.29, 0.717) is 0 Å². The fraction of sp³-hybridized carbons (Fsp3) is 0.385. The fourth-order valence-electron chi connectivity index (χ4n) is 1.96. The summed E-state index contributed by atoms with van der Waals surface area (Å²) < 4.78 is 9.19. The molecule has 5 heteroatoms. The summed E-state index contributed by atoms with van der Waals surface area (Å²) in [6, 6.07) is 5.78. The zero-order valence-electron chi connectivity index (χ0n) is 10.8. The van der Waals surface area contributed by atoms with E-state index in [1.807, 2.05) is 25.1 Å². The molecule has 0 aliphatic heterocycles. The lowest BCUT2D eigenvalue weighted by Gasteiger charge is -2.14. The van der Waals surface area contributed by atoms with Gasteiger partial charge in [-0.3, -0.25) is 0 Å². The Bertz CT molecular complexity index is 539. The van der Waals surface area contributed by atoms with Crippen LogP contribution >= 0.6 is 11.5 Å². The third kappa shape index (κ3) is 2.37. The van der Waals surface area contributed by atoms with Gasteiger partial charge in [0.1, 0.15) is 5.75 Å². The molecule has 1 atom stereocenters. The molecule has 0 radical (unpaired) electrons. The van der Waals surface area contributed by atoms with Gasteiger partial charge < -0.3 is 10.5 Å². The normalized spacial score (nSPS) is 12.4. The molecule has 18 heavy (non-hydrogen) atoms. The average molecular weight is 263 g/mol. The number of hydrogen-bond donors (Lipinski definition) is 1. The number of aryl methyl sites for hydroxylation is 2. The van der Waals surface area contributed by atoms with Gasteiger partial charge in [0.25, 0.3) is 0 Å². The Morgan fingerprint density at radius 2 is 2.22 bits per heavy atom. The van der Waals surface area contributed by atoms with E-state index in [-0.39, 0.29) is 6.04 Å². The van der Waals surface area contributed by atoms with Crippen LogP contribution in [-0.2, 0) is 6.42 Å². The van der Waals surface area contributed by atoms with Crippen molar-refractivity contribution in [2.75, 3.05) is 7.11 Å². The van der Waals surface area contributed by atoms with Gasteiger partial charge in [-0.2, -0.15) is 0 Å². The van der Waals surface area contributed by atoms with Crippen molar-refractivity contribution in [3.05, 3.63) is 39.9 Å². The quantitative estimate of drug-likeness (QED) is 0.920. The molecule has 96 valence electrons. The molecule has 0 amide bonds. The molecular weight excluding hydrogens is 246 g/mol. The molecule has 2 rings (SSSR count). The molecule has 1 unspecified atom stereocenters. The van der Waals surface area contributed by atoms with Gasteiger partial charge in [-0.15, -0.1) is 5.10 Å². The first-order valence-corrected chi connectivity index (χ1v) is 6.66. The van der Waals surface area contributed by atoms with Gasteiger partial charge in [0, 0.05) is 0 Å². The molecule has 0 bridgehead atoms. The first-order valence-electron chi connectivity index (χ1n) is 5.88. The predicted octanol–water partition coefficient (Wildman–Crippen LogP) is 2.47. The van der Waals surface area contributed by atoms with Crippen LogP contribution in [0, 0.1) is 6.92 Å². The smallest absolute Gasteiger partial charge is 0.119 e. The molecule has 2 aromatic rings. The Balaban J connectivity index is 2.37. The van der Waals surface area contributed by atoms with Crippen molar-refractivity contribution in [3.63, 3.8) is 0 Å². The summed E-state index contributed by atoms with van der Waals surface area (Å²) in [6.07, 6.45) is 0.856. The number of nitrogens with zero attached hydrogens (tertiary/aromatic N) is 2. The van der Waals surface area contributed by atoms with Crippen LogP contribution < -0.4 is 10.5 Å². The van der Waals surface area contributed by atoms with E-state index in [2.05, 4.69) is 16.5 Å². The molecular formula is C13H17N3OS. The van der Waals surface area contributed by atoms with Crippen LogP contribution in [0.5, 0.6) is 5.75 Å². The van der Waals surface area contributed by atoms with Gasteiger partial charge in [0.05, 0.1) is 23.7 Å². The van der Waals surface area contributed by atoms with Crippen LogP contribution in [0.15, 0.2) is 18.2 Å². The zero-order valence-corrected chi connectivity index (χ0v) is 11.6. The molecule has 1 aromatic heterocycles. The standard InChI is InChI=1S/C13H17N3OS/c1-4-11-13(18-16-15-11)12(14)10-6-5-9(17-3)7-8(10)2/h5-7,12H,4,14H2,1-3H3. The Hall–Kier alpha value is -1.46. The van der Waals surface area contributed by atoms with Gasteiger partial charge in [0.15, 0.2) is 0 Å². The third-order valence-corrected chi connectivity index (χ3v) is 3.86. The molecule has 0 saturated heterocycles. The predicted molar refractivity (Wildman–Crippen MR) is 73.0 cm³/mol. The van der Waals surface area contributed by atoms with E-state index in [4.69, 9.17) is 10.5 Å². The van der Waals surface area contributed by atoms with Gasteiger partial charge in [-0.1, -0.05) is 17.5 Å². The van der Waals surface area contributed by atoms with E-state index >= 15 is 0 Å². The highest BCUT2D eigenvalue weighted by molar-refractivity contribution is 7.05. The van der Waals surface area contributed by atoms with Crippen LogP contribution in [0.3, 0.4) is 0 Å². The Morgan fingerprint density at radius 3 is 2.83 bits per heavy atom. The van der Waals surface area contributed by atoms with Crippen LogP contribution in [0.1, 0.15) is 34.7 Å². The van der Waals surface area contributed by atoms with Gasteiger partial charge in [-0.05, 0) is 48.1 Å². The summed E-state index contributed by atoms with van der Waals surface area (Å²) in [5, 5.41) is 4.11. The molecule has 0 aliphatic rings. The average Bonchev–Trinajstić information content (AvgIpc) is 2.86. The SMILES string of the molecule is CCc1nnsc1C(N)c1ccc(OC)cc1C. The van der Waals surface area contributed by atoms with E-state index < -0.39 is 0 Å². The number of nitrogens with two attached hydrogens (primary N) is 1. The van der Waals surface area contributed by atoms with E-state index in [1.165, 1.54) is 11.5 Å². The minimum atomic E-state index is -0.161. The number of aromatic nitrogens is 2. The summed E-state index contributed by atoms with van der Waals surface area (Å²) in [4.78, 5) is 1.05. The van der Waals surface area contributed by atoms with Crippen molar-refractivity contribution in [2.45, 2.75) is 26.3 Å². The second kappa shape index (κ2) is 5.46. The summed E-state index contributed by atoms with van der Waals surface area (Å²) >= 11 is 1.38. The summed E-state index contributed by atoms with van der Waals surface area (Å²) in [5.74, 6) is 0.849. The minimum absolute atomic E-state index is 0.161. The minimum Gasteiger partial charge on any atom is -0.497 e.